The van der Waals surface area contributed by atoms with Gasteiger partial charge in [0.15, 0.2) is 0 Å². The molecule has 0 unspecified atom stereocenters. The topological polar surface area (TPSA) is 57.6 Å². The first-order chi connectivity index (χ1) is 9.99. The zero-order chi connectivity index (χ0) is 15.4. The highest BCUT2D eigenvalue weighted by molar-refractivity contribution is 9.10. The van der Waals surface area contributed by atoms with Crippen LogP contribution in [0.15, 0.2) is 28.7 Å². The summed E-state index contributed by atoms with van der Waals surface area (Å²) in [5.74, 6) is -0.786. The average Bonchev–Trinajstić information content (AvgIpc) is 2.47. The normalized spacial score (nSPS) is 17.5. The highest BCUT2D eigenvalue weighted by atomic mass is 79.9. The van der Waals surface area contributed by atoms with Crippen molar-refractivity contribution in [2.75, 3.05) is 13.1 Å². The number of rotatable bonds is 4. The molecule has 1 N–H and O–H groups in total. The van der Waals surface area contributed by atoms with Crippen molar-refractivity contribution in [1.82, 2.24) is 4.90 Å². The van der Waals surface area contributed by atoms with Crippen molar-refractivity contribution in [2.24, 2.45) is 5.92 Å². The molecule has 1 atom stereocenters. The van der Waals surface area contributed by atoms with Gasteiger partial charge in [-0.15, -0.1) is 0 Å². The Morgan fingerprint density at radius 2 is 1.95 bits per heavy atom. The summed E-state index contributed by atoms with van der Waals surface area (Å²) in [5, 5.41) is 8.98. The van der Waals surface area contributed by atoms with Gasteiger partial charge in [-0.1, -0.05) is 41.1 Å². The van der Waals surface area contributed by atoms with Crippen LogP contribution in [0.25, 0.3) is 0 Å². The summed E-state index contributed by atoms with van der Waals surface area (Å²) < 4.78 is 1.02. The van der Waals surface area contributed by atoms with Crippen LogP contribution in [0.3, 0.4) is 0 Å². The summed E-state index contributed by atoms with van der Waals surface area (Å²) in [7, 11) is 0. The molecule has 0 aromatic heterocycles. The molecule has 114 valence electrons. The Kier molecular flexibility index (Phi) is 5.39. The summed E-state index contributed by atoms with van der Waals surface area (Å²) in [5.41, 5.74) is 1.13. The molecule has 1 aromatic carbocycles. The molecular formula is C16H20BrNO3. The average molecular weight is 354 g/mol. The second-order valence-electron chi connectivity index (χ2n) is 5.62. The van der Waals surface area contributed by atoms with Crippen molar-refractivity contribution in [3.63, 3.8) is 0 Å². The van der Waals surface area contributed by atoms with Crippen molar-refractivity contribution in [3.8, 4) is 0 Å². The second kappa shape index (κ2) is 7.07. The van der Waals surface area contributed by atoms with Gasteiger partial charge in [0.1, 0.15) is 0 Å². The summed E-state index contributed by atoms with van der Waals surface area (Å²) >= 11 is 3.52. The maximum atomic E-state index is 12.3. The van der Waals surface area contributed by atoms with Crippen LogP contribution in [0.4, 0.5) is 0 Å². The molecule has 5 heteroatoms. The van der Waals surface area contributed by atoms with Crippen LogP contribution in [0.2, 0.25) is 0 Å². The minimum atomic E-state index is -0.747. The third-order valence-electron chi connectivity index (χ3n) is 4.11. The molecule has 0 aliphatic carbocycles. The first kappa shape index (κ1) is 16.0. The fraction of sp³-hybridized carbons (Fsp3) is 0.500. The predicted molar refractivity (Wildman–Crippen MR) is 84.1 cm³/mol. The highest BCUT2D eigenvalue weighted by Crippen LogP contribution is 2.28. The molecular weight excluding hydrogens is 334 g/mol. The minimum absolute atomic E-state index is 0.113. The van der Waals surface area contributed by atoms with Gasteiger partial charge in [0.2, 0.25) is 5.91 Å². The lowest BCUT2D eigenvalue weighted by Crippen LogP contribution is -2.40. The molecule has 2 rings (SSSR count). The quantitative estimate of drug-likeness (QED) is 0.903. The van der Waals surface area contributed by atoms with E-state index in [-0.39, 0.29) is 17.7 Å². The van der Waals surface area contributed by atoms with E-state index in [0.29, 0.717) is 32.4 Å². The largest absolute Gasteiger partial charge is 0.481 e. The Bertz CT molecular complexity index is 524. The van der Waals surface area contributed by atoms with Gasteiger partial charge in [0, 0.05) is 24.0 Å². The van der Waals surface area contributed by atoms with Crippen LogP contribution in [-0.4, -0.2) is 35.0 Å². The smallest absolute Gasteiger partial charge is 0.306 e. The monoisotopic (exact) mass is 353 g/mol. The Morgan fingerprint density at radius 3 is 2.52 bits per heavy atom. The van der Waals surface area contributed by atoms with E-state index < -0.39 is 5.97 Å². The Balaban J connectivity index is 1.90. The van der Waals surface area contributed by atoms with Gasteiger partial charge < -0.3 is 10.0 Å². The van der Waals surface area contributed by atoms with Crippen molar-refractivity contribution >= 4 is 27.8 Å². The van der Waals surface area contributed by atoms with E-state index in [1.54, 1.807) is 4.90 Å². The lowest BCUT2D eigenvalue weighted by molar-refractivity contribution is -0.145. The SMILES string of the molecule is C[C@H](CC(=O)N1CCC(C(=O)O)CC1)c1ccccc1Br. The summed E-state index contributed by atoms with van der Waals surface area (Å²) in [6, 6.07) is 7.94. The van der Waals surface area contributed by atoms with E-state index in [1.807, 2.05) is 31.2 Å². The molecule has 4 nitrogen and oxygen atoms in total. The fourth-order valence-corrected chi connectivity index (χ4v) is 3.43. The summed E-state index contributed by atoms with van der Waals surface area (Å²) in [6.45, 7) is 3.15. The molecule has 1 aliphatic rings. The number of likely N-dealkylation sites (tertiary alicyclic amines) is 1. The van der Waals surface area contributed by atoms with Gasteiger partial charge in [-0.05, 0) is 30.4 Å². The molecule has 1 aliphatic heterocycles. The van der Waals surface area contributed by atoms with Gasteiger partial charge in [-0.2, -0.15) is 0 Å². The molecule has 1 amide bonds. The van der Waals surface area contributed by atoms with Crippen molar-refractivity contribution < 1.29 is 14.7 Å². The fourth-order valence-electron chi connectivity index (χ4n) is 2.75. The maximum Gasteiger partial charge on any atom is 0.306 e. The van der Waals surface area contributed by atoms with Crippen LogP contribution in [-0.2, 0) is 9.59 Å². The number of carboxylic acids is 1. The standard InChI is InChI=1S/C16H20BrNO3/c1-11(13-4-2-3-5-14(13)17)10-15(19)18-8-6-12(7-9-18)16(20)21/h2-5,11-12H,6-10H2,1H3,(H,20,21)/t11-/m1/s1. The van der Waals surface area contributed by atoms with Gasteiger partial charge in [-0.3, -0.25) is 9.59 Å². The molecule has 0 radical (unpaired) electrons. The number of aliphatic carboxylic acids is 1. The first-order valence-corrected chi connectivity index (χ1v) is 8.03. The Morgan fingerprint density at radius 1 is 1.33 bits per heavy atom. The molecule has 0 spiro atoms. The Hall–Kier alpha value is -1.36. The zero-order valence-corrected chi connectivity index (χ0v) is 13.7. The summed E-state index contributed by atoms with van der Waals surface area (Å²) in [4.78, 5) is 25.1. The van der Waals surface area contributed by atoms with Crippen LogP contribution in [0.5, 0.6) is 0 Å². The molecule has 0 bridgehead atoms. The van der Waals surface area contributed by atoms with E-state index in [1.165, 1.54) is 0 Å². The van der Waals surface area contributed by atoms with Crippen LogP contribution >= 0.6 is 15.9 Å². The molecule has 1 heterocycles. The van der Waals surface area contributed by atoms with Gasteiger partial charge >= 0.3 is 5.97 Å². The summed E-state index contributed by atoms with van der Waals surface area (Å²) in [6.07, 6.45) is 1.58. The van der Waals surface area contributed by atoms with Crippen LogP contribution in [0.1, 0.15) is 37.7 Å². The number of halogens is 1. The van der Waals surface area contributed by atoms with E-state index in [4.69, 9.17) is 5.11 Å². The zero-order valence-electron chi connectivity index (χ0n) is 12.1. The number of benzene rings is 1. The van der Waals surface area contributed by atoms with Crippen molar-refractivity contribution in [1.29, 1.82) is 0 Å². The van der Waals surface area contributed by atoms with Crippen LogP contribution < -0.4 is 0 Å². The number of hydrogen-bond acceptors (Lipinski definition) is 2. The molecule has 21 heavy (non-hydrogen) atoms. The van der Waals surface area contributed by atoms with Gasteiger partial charge in [-0.25, -0.2) is 0 Å². The van der Waals surface area contributed by atoms with Crippen molar-refractivity contribution in [2.45, 2.75) is 32.1 Å². The third kappa shape index (κ3) is 4.06. The number of hydrogen-bond donors (Lipinski definition) is 1. The van der Waals surface area contributed by atoms with E-state index >= 15 is 0 Å². The van der Waals surface area contributed by atoms with E-state index in [9.17, 15) is 9.59 Å². The number of nitrogens with zero attached hydrogens (tertiary/aromatic N) is 1. The highest BCUT2D eigenvalue weighted by Gasteiger charge is 2.27. The van der Waals surface area contributed by atoms with Crippen LogP contribution in [0, 0.1) is 5.92 Å². The second-order valence-corrected chi connectivity index (χ2v) is 6.47. The first-order valence-electron chi connectivity index (χ1n) is 7.24. The number of piperidine rings is 1. The lowest BCUT2D eigenvalue weighted by atomic mass is 9.94. The number of carboxylic acid groups (broad SMARTS) is 1. The minimum Gasteiger partial charge on any atom is -0.481 e. The molecule has 1 saturated heterocycles. The predicted octanol–water partition coefficient (Wildman–Crippen LogP) is 3.27. The number of amides is 1. The molecule has 1 fully saturated rings. The van der Waals surface area contributed by atoms with Crippen molar-refractivity contribution in [3.05, 3.63) is 34.3 Å². The van der Waals surface area contributed by atoms with E-state index in [0.717, 1.165) is 10.0 Å². The number of carbonyl (C=O) groups excluding carboxylic acids is 1. The third-order valence-corrected chi connectivity index (χ3v) is 4.84. The molecule has 1 aromatic rings. The number of carbonyl (C=O) groups is 2. The van der Waals surface area contributed by atoms with Gasteiger partial charge in [0.05, 0.1) is 5.92 Å². The molecule has 0 saturated carbocycles. The maximum absolute atomic E-state index is 12.3. The van der Waals surface area contributed by atoms with Gasteiger partial charge in [0.25, 0.3) is 0 Å². The lowest BCUT2D eigenvalue weighted by Gasteiger charge is -2.31. The Labute approximate surface area is 133 Å². The van der Waals surface area contributed by atoms with E-state index in [2.05, 4.69) is 15.9 Å².